The summed E-state index contributed by atoms with van der Waals surface area (Å²) in [4.78, 5) is 0. The van der Waals surface area contributed by atoms with Crippen LogP contribution in [0.25, 0.3) is 6.08 Å². The van der Waals surface area contributed by atoms with E-state index in [0.29, 0.717) is 5.75 Å². The van der Waals surface area contributed by atoms with Crippen molar-refractivity contribution in [3.8, 4) is 0 Å². The molecule has 1 atom stereocenters. The normalized spacial score (nSPS) is 12.6. The smallest absolute Gasteiger partial charge is 0.0849 e. The number of aryl methyl sites for hydroxylation is 2. The Bertz CT molecular complexity index is 832. The maximum atomic E-state index is 13.2. The molecule has 0 saturated carbocycles. The van der Waals surface area contributed by atoms with Crippen LogP contribution in [0.1, 0.15) is 33.1 Å². The molecule has 26 heavy (non-hydrogen) atoms. The molecular weight excluding hydrogens is 336 g/mol. The van der Waals surface area contributed by atoms with Crippen molar-refractivity contribution in [1.29, 1.82) is 0 Å². The summed E-state index contributed by atoms with van der Waals surface area (Å²) in [5.41, 5.74) is 5.76. The Hall–Kier alpha value is -2.45. The average Bonchev–Trinajstić information content (AvgIpc) is 2.66. The van der Waals surface area contributed by atoms with Crippen molar-refractivity contribution in [3.05, 3.63) is 113 Å². The predicted molar refractivity (Wildman–Crippen MR) is 113 cm³/mol. The molecule has 1 nitrogen and oxygen atoms in total. The van der Waals surface area contributed by atoms with Gasteiger partial charge in [-0.15, -0.1) is 0 Å². The monoisotopic (exact) mass is 360 g/mol. The third-order valence-electron chi connectivity index (χ3n) is 4.39. The second-order valence-corrected chi connectivity index (χ2v) is 8.13. The van der Waals surface area contributed by atoms with E-state index in [1.165, 1.54) is 11.1 Å². The molecule has 0 aliphatic heterocycles. The lowest BCUT2D eigenvalue weighted by Crippen LogP contribution is -2.11. The zero-order valence-corrected chi connectivity index (χ0v) is 16.1. The summed E-state index contributed by atoms with van der Waals surface area (Å²) in [7, 11) is -1.03. The molecule has 0 saturated heterocycles. The highest BCUT2D eigenvalue weighted by Crippen LogP contribution is 2.29. The van der Waals surface area contributed by atoms with Gasteiger partial charge in [-0.2, -0.15) is 0 Å². The molecule has 0 aliphatic rings. The molecule has 3 rings (SSSR count). The molecule has 0 aromatic heterocycles. The molecular formula is C24H24OS. The van der Waals surface area contributed by atoms with Gasteiger partial charge in [0.25, 0.3) is 0 Å². The quantitative estimate of drug-likeness (QED) is 0.538. The van der Waals surface area contributed by atoms with E-state index in [4.69, 9.17) is 0 Å². The van der Waals surface area contributed by atoms with Crippen LogP contribution in [0.4, 0.5) is 0 Å². The van der Waals surface area contributed by atoms with Gasteiger partial charge in [0.2, 0.25) is 0 Å². The second kappa shape index (κ2) is 8.77. The van der Waals surface area contributed by atoms with Crippen molar-refractivity contribution < 1.29 is 4.21 Å². The van der Waals surface area contributed by atoms with Crippen LogP contribution in [0.15, 0.2) is 84.9 Å². The lowest BCUT2D eigenvalue weighted by atomic mass is 10.0. The van der Waals surface area contributed by atoms with Crippen molar-refractivity contribution in [2.45, 2.75) is 19.1 Å². The first-order valence-electron chi connectivity index (χ1n) is 8.85. The molecule has 0 heterocycles. The van der Waals surface area contributed by atoms with E-state index in [-0.39, 0.29) is 5.25 Å². The summed E-state index contributed by atoms with van der Waals surface area (Å²) in [6, 6.07) is 26.9. The van der Waals surface area contributed by atoms with Gasteiger partial charge in [0, 0.05) is 16.6 Å². The number of hydrogen-bond donors (Lipinski definition) is 0. The van der Waals surface area contributed by atoms with Gasteiger partial charge in [-0.05, 0) is 30.5 Å². The van der Waals surface area contributed by atoms with Gasteiger partial charge < -0.3 is 0 Å². The molecule has 3 aromatic carbocycles. The Balaban J connectivity index is 1.84. The zero-order valence-electron chi connectivity index (χ0n) is 15.3. The maximum absolute atomic E-state index is 13.2. The van der Waals surface area contributed by atoms with E-state index in [1.54, 1.807) is 0 Å². The molecule has 3 aromatic rings. The minimum Gasteiger partial charge on any atom is -0.258 e. The highest BCUT2D eigenvalue weighted by Gasteiger charge is 2.20. The first kappa shape index (κ1) is 18.3. The summed E-state index contributed by atoms with van der Waals surface area (Å²) in [6.45, 7) is 4.15. The maximum Gasteiger partial charge on any atom is 0.0849 e. The Morgan fingerprint density at radius 1 is 0.769 bits per heavy atom. The lowest BCUT2D eigenvalue weighted by Gasteiger charge is -2.17. The lowest BCUT2D eigenvalue weighted by molar-refractivity contribution is 0.680. The Morgan fingerprint density at radius 3 is 1.77 bits per heavy atom. The highest BCUT2D eigenvalue weighted by molar-refractivity contribution is 7.85. The third-order valence-corrected chi connectivity index (χ3v) is 5.98. The fourth-order valence-electron chi connectivity index (χ4n) is 2.92. The Labute approximate surface area is 158 Å². The molecule has 0 amide bonds. The molecule has 1 unspecified atom stereocenters. The molecule has 0 N–H and O–H groups in total. The summed E-state index contributed by atoms with van der Waals surface area (Å²) in [5, 5.41) is -0.114. The largest absolute Gasteiger partial charge is 0.258 e. The number of rotatable bonds is 6. The van der Waals surface area contributed by atoms with Gasteiger partial charge >= 0.3 is 0 Å². The van der Waals surface area contributed by atoms with Gasteiger partial charge in [0.05, 0.1) is 5.25 Å². The van der Waals surface area contributed by atoms with Crippen LogP contribution in [-0.2, 0) is 10.8 Å². The van der Waals surface area contributed by atoms with Crippen LogP contribution in [0, 0.1) is 13.8 Å². The SMILES string of the molecule is Cc1ccc(C(c2ccc(C)cc2)S(=O)C/C=C/c2ccccc2)cc1. The highest BCUT2D eigenvalue weighted by atomic mass is 32.2. The topological polar surface area (TPSA) is 17.1 Å². The van der Waals surface area contributed by atoms with E-state index in [9.17, 15) is 4.21 Å². The predicted octanol–water partition coefficient (Wildman–Crippen LogP) is 5.85. The average molecular weight is 361 g/mol. The summed E-state index contributed by atoms with van der Waals surface area (Å²) in [5.74, 6) is 0.529. The minimum atomic E-state index is -1.03. The summed E-state index contributed by atoms with van der Waals surface area (Å²) < 4.78 is 13.2. The van der Waals surface area contributed by atoms with Gasteiger partial charge in [0.1, 0.15) is 0 Å². The molecule has 0 bridgehead atoms. The summed E-state index contributed by atoms with van der Waals surface area (Å²) in [6.07, 6.45) is 4.06. The van der Waals surface area contributed by atoms with Crippen LogP contribution in [-0.4, -0.2) is 9.96 Å². The molecule has 132 valence electrons. The van der Waals surface area contributed by atoms with E-state index >= 15 is 0 Å². The van der Waals surface area contributed by atoms with Crippen LogP contribution in [0.3, 0.4) is 0 Å². The van der Waals surface area contributed by atoms with Gasteiger partial charge in [-0.25, -0.2) is 0 Å². The first-order chi connectivity index (χ1) is 12.6. The molecule has 0 aliphatic carbocycles. The number of benzene rings is 3. The summed E-state index contributed by atoms with van der Waals surface area (Å²) >= 11 is 0. The zero-order chi connectivity index (χ0) is 18.4. The van der Waals surface area contributed by atoms with Gasteiger partial charge in [0.15, 0.2) is 0 Å². The second-order valence-electron chi connectivity index (χ2n) is 6.56. The van der Waals surface area contributed by atoms with Crippen LogP contribution >= 0.6 is 0 Å². The Kier molecular flexibility index (Phi) is 6.19. The first-order valence-corrected chi connectivity index (χ1v) is 10.2. The van der Waals surface area contributed by atoms with Gasteiger partial charge in [-0.3, -0.25) is 4.21 Å². The van der Waals surface area contributed by atoms with Crippen molar-refractivity contribution in [2.24, 2.45) is 0 Å². The fourth-order valence-corrected chi connectivity index (χ4v) is 4.32. The van der Waals surface area contributed by atoms with Crippen molar-refractivity contribution in [3.63, 3.8) is 0 Å². The van der Waals surface area contributed by atoms with Crippen molar-refractivity contribution >= 4 is 16.9 Å². The Morgan fingerprint density at radius 2 is 1.27 bits per heavy atom. The van der Waals surface area contributed by atoms with E-state index in [1.807, 2.05) is 30.4 Å². The van der Waals surface area contributed by atoms with Gasteiger partial charge in [-0.1, -0.05) is 102 Å². The molecule has 2 heteroatoms. The molecule has 0 fully saturated rings. The van der Waals surface area contributed by atoms with Crippen molar-refractivity contribution in [2.75, 3.05) is 5.75 Å². The number of hydrogen-bond acceptors (Lipinski definition) is 1. The van der Waals surface area contributed by atoms with Crippen molar-refractivity contribution in [1.82, 2.24) is 0 Å². The molecule has 0 spiro atoms. The van der Waals surface area contributed by atoms with E-state index < -0.39 is 10.8 Å². The van der Waals surface area contributed by atoms with E-state index in [0.717, 1.165) is 16.7 Å². The fraction of sp³-hybridized carbons (Fsp3) is 0.167. The molecule has 0 radical (unpaired) electrons. The minimum absolute atomic E-state index is 0.114. The standard InChI is InChI=1S/C24H24OS/c1-19-10-14-22(15-11-19)24(23-16-12-20(2)13-17-23)26(25)18-6-9-21-7-4-3-5-8-21/h3-17,24H,18H2,1-2H3/b9-6+. The van der Waals surface area contributed by atoms with E-state index in [2.05, 4.69) is 74.5 Å². The van der Waals surface area contributed by atoms with Crippen LogP contribution in [0.5, 0.6) is 0 Å². The third kappa shape index (κ3) is 4.80. The van der Waals surface area contributed by atoms with Crippen LogP contribution in [0.2, 0.25) is 0 Å². The van der Waals surface area contributed by atoms with Crippen LogP contribution < -0.4 is 0 Å².